The molecular formula is C19H17BrF4N6O. The Morgan fingerprint density at radius 1 is 1.32 bits per heavy atom. The molecule has 1 saturated carbocycles. The summed E-state index contributed by atoms with van der Waals surface area (Å²) in [5, 5.41) is 10.3. The van der Waals surface area contributed by atoms with Gasteiger partial charge in [-0.25, -0.2) is 14.1 Å². The van der Waals surface area contributed by atoms with E-state index in [1.807, 2.05) is 0 Å². The summed E-state index contributed by atoms with van der Waals surface area (Å²) in [4.78, 5) is 16.7. The molecular weight excluding hydrogens is 484 g/mol. The maximum absolute atomic E-state index is 13.3. The second-order valence-electron chi connectivity index (χ2n) is 7.33. The normalized spacial score (nSPS) is 15.2. The second-order valence-corrected chi connectivity index (χ2v) is 8.12. The molecule has 0 bridgehead atoms. The molecule has 1 fully saturated rings. The first-order valence-electron chi connectivity index (χ1n) is 9.43. The quantitative estimate of drug-likeness (QED) is 0.504. The predicted octanol–water partition coefficient (Wildman–Crippen LogP) is 4.52. The summed E-state index contributed by atoms with van der Waals surface area (Å²) in [5.41, 5.74) is -0.0302. The van der Waals surface area contributed by atoms with Gasteiger partial charge in [0, 0.05) is 5.92 Å². The maximum Gasteiger partial charge on any atom is 0.436 e. The number of hydrogen-bond acceptors (Lipinski definition) is 4. The highest BCUT2D eigenvalue weighted by Gasteiger charge is 2.43. The summed E-state index contributed by atoms with van der Waals surface area (Å²) >= 11 is 3.01. The highest BCUT2D eigenvalue weighted by atomic mass is 79.9. The minimum atomic E-state index is -4.64. The zero-order valence-electron chi connectivity index (χ0n) is 16.2. The van der Waals surface area contributed by atoms with Crippen LogP contribution < -0.4 is 5.32 Å². The summed E-state index contributed by atoms with van der Waals surface area (Å²) in [6.07, 6.45) is -1.79. The van der Waals surface area contributed by atoms with Crippen LogP contribution in [0.2, 0.25) is 0 Å². The molecule has 0 radical (unpaired) electrons. The van der Waals surface area contributed by atoms with Crippen LogP contribution in [0.15, 0.2) is 35.1 Å². The van der Waals surface area contributed by atoms with Crippen LogP contribution in [0.1, 0.15) is 48.7 Å². The summed E-state index contributed by atoms with van der Waals surface area (Å²) in [5.74, 6) is -1.07. The molecule has 7 nitrogen and oxygen atoms in total. The second kappa shape index (κ2) is 8.06. The molecule has 4 rings (SSSR count). The lowest BCUT2D eigenvalue weighted by Crippen LogP contribution is -2.26. The molecule has 1 amide bonds. The van der Waals surface area contributed by atoms with Gasteiger partial charge < -0.3 is 0 Å². The van der Waals surface area contributed by atoms with Crippen molar-refractivity contribution in [2.45, 2.75) is 44.4 Å². The molecule has 164 valence electrons. The standard InChI is InChI=1S/C19H17BrF4N6O/c1-10(30-15(12-5-6-12)14(20)16(27-30)19(22,23)24)17(31)26-18-25-9-29(28-18)8-11-3-2-4-13(21)7-11/h2-4,7,9-10,12H,5-6,8H2,1H3,(H,26,28,31). The van der Waals surface area contributed by atoms with Crippen molar-refractivity contribution in [3.05, 3.63) is 57.8 Å². The number of rotatable bonds is 6. The Bertz CT molecular complexity index is 1120. The van der Waals surface area contributed by atoms with E-state index in [1.54, 1.807) is 12.1 Å². The lowest BCUT2D eigenvalue weighted by Gasteiger charge is -2.14. The van der Waals surface area contributed by atoms with Crippen molar-refractivity contribution >= 4 is 27.8 Å². The molecule has 0 spiro atoms. The van der Waals surface area contributed by atoms with E-state index in [0.29, 0.717) is 11.3 Å². The monoisotopic (exact) mass is 500 g/mol. The van der Waals surface area contributed by atoms with E-state index >= 15 is 0 Å². The van der Waals surface area contributed by atoms with E-state index in [9.17, 15) is 22.4 Å². The number of aromatic nitrogens is 5. The van der Waals surface area contributed by atoms with E-state index in [2.05, 4.69) is 36.4 Å². The van der Waals surface area contributed by atoms with Crippen molar-refractivity contribution in [2.24, 2.45) is 0 Å². The van der Waals surface area contributed by atoms with Crippen LogP contribution in [0.5, 0.6) is 0 Å². The van der Waals surface area contributed by atoms with E-state index in [4.69, 9.17) is 0 Å². The number of hydrogen-bond donors (Lipinski definition) is 1. The summed E-state index contributed by atoms with van der Waals surface area (Å²) in [7, 11) is 0. The molecule has 0 saturated heterocycles. The molecule has 0 aliphatic heterocycles. The van der Waals surface area contributed by atoms with Crippen LogP contribution in [0.4, 0.5) is 23.5 Å². The average molecular weight is 501 g/mol. The number of carbonyl (C=O) groups excluding carboxylic acids is 1. The van der Waals surface area contributed by atoms with Crippen molar-refractivity contribution in [1.82, 2.24) is 24.5 Å². The van der Waals surface area contributed by atoms with Crippen LogP contribution in [0.25, 0.3) is 0 Å². The number of anilines is 1. The lowest BCUT2D eigenvalue weighted by molar-refractivity contribution is -0.142. The average Bonchev–Trinajstić information content (AvgIpc) is 3.33. The number of halogens is 5. The van der Waals surface area contributed by atoms with Gasteiger partial charge in [-0.2, -0.15) is 18.3 Å². The van der Waals surface area contributed by atoms with Crippen molar-refractivity contribution < 1.29 is 22.4 Å². The first kappa shape index (κ1) is 21.5. The molecule has 12 heteroatoms. The minimum absolute atomic E-state index is 0.0107. The Hall–Kier alpha value is -2.76. The summed E-state index contributed by atoms with van der Waals surface area (Å²) in [6, 6.07) is 4.96. The number of nitrogens with one attached hydrogen (secondary N) is 1. The zero-order valence-corrected chi connectivity index (χ0v) is 17.8. The summed E-state index contributed by atoms with van der Waals surface area (Å²) < 4.78 is 55.6. The fourth-order valence-electron chi connectivity index (χ4n) is 3.20. The SMILES string of the molecule is CC(C(=O)Nc1ncn(Cc2cccc(F)c2)n1)n1nc(C(F)(F)F)c(Br)c1C1CC1. The minimum Gasteiger partial charge on any atom is -0.291 e. The van der Waals surface area contributed by atoms with Gasteiger partial charge in [0.2, 0.25) is 5.95 Å². The smallest absolute Gasteiger partial charge is 0.291 e. The highest BCUT2D eigenvalue weighted by Crippen LogP contribution is 2.47. The van der Waals surface area contributed by atoms with Gasteiger partial charge in [0.25, 0.3) is 5.91 Å². The molecule has 31 heavy (non-hydrogen) atoms. The maximum atomic E-state index is 13.3. The third-order valence-corrected chi connectivity index (χ3v) is 5.65. The molecule has 3 aromatic rings. The first-order valence-corrected chi connectivity index (χ1v) is 10.2. The number of amides is 1. The number of benzene rings is 1. The molecule has 2 heterocycles. The van der Waals surface area contributed by atoms with Crippen molar-refractivity contribution in [1.29, 1.82) is 0 Å². The first-order chi connectivity index (χ1) is 14.6. The topological polar surface area (TPSA) is 77.6 Å². The Balaban J connectivity index is 1.50. The molecule has 2 aromatic heterocycles. The zero-order chi connectivity index (χ0) is 22.3. The molecule has 1 aromatic carbocycles. The number of alkyl halides is 3. The van der Waals surface area contributed by atoms with Gasteiger partial charge in [0.05, 0.1) is 16.7 Å². The van der Waals surface area contributed by atoms with E-state index < -0.39 is 23.8 Å². The third-order valence-electron chi connectivity index (χ3n) is 4.87. The van der Waals surface area contributed by atoms with Gasteiger partial charge in [-0.1, -0.05) is 12.1 Å². The molecule has 1 aliphatic rings. The highest BCUT2D eigenvalue weighted by molar-refractivity contribution is 9.10. The Morgan fingerprint density at radius 2 is 2.06 bits per heavy atom. The fourth-order valence-corrected chi connectivity index (χ4v) is 4.01. The van der Waals surface area contributed by atoms with Crippen LogP contribution in [0.3, 0.4) is 0 Å². The molecule has 1 N–H and O–H groups in total. The van der Waals surface area contributed by atoms with Gasteiger partial charge in [-0.3, -0.25) is 14.8 Å². The predicted molar refractivity (Wildman–Crippen MR) is 106 cm³/mol. The molecule has 1 unspecified atom stereocenters. The Kier molecular flexibility index (Phi) is 5.58. The van der Waals surface area contributed by atoms with Crippen LogP contribution in [-0.2, 0) is 17.5 Å². The van der Waals surface area contributed by atoms with Gasteiger partial charge in [0.15, 0.2) is 5.69 Å². The van der Waals surface area contributed by atoms with E-state index in [0.717, 1.165) is 17.5 Å². The Labute approximate surface area is 182 Å². The van der Waals surface area contributed by atoms with Gasteiger partial charge >= 0.3 is 6.18 Å². The van der Waals surface area contributed by atoms with Gasteiger partial charge in [-0.15, -0.1) is 5.10 Å². The largest absolute Gasteiger partial charge is 0.436 e. The molecule has 1 atom stereocenters. The van der Waals surface area contributed by atoms with Crippen LogP contribution >= 0.6 is 15.9 Å². The lowest BCUT2D eigenvalue weighted by atomic mass is 10.2. The summed E-state index contributed by atoms with van der Waals surface area (Å²) in [6.45, 7) is 1.70. The van der Waals surface area contributed by atoms with Gasteiger partial charge in [0.1, 0.15) is 18.2 Å². The fraction of sp³-hybridized carbons (Fsp3) is 0.368. The van der Waals surface area contributed by atoms with E-state index in [1.165, 1.54) is 30.1 Å². The van der Waals surface area contributed by atoms with E-state index in [-0.39, 0.29) is 28.7 Å². The Morgan fingerprint density at radius 3 is 2.71 bits per heavy atom. The van der Waals surface area contributed by atoms with Crippen LogP contribution in [0, 0.1) is 5.82 Å². The molecule has 1 aliphatic carbocycles. The number of nitrogens with zero attached hydrogens (tertiary/aromatic N) is 5. The third kappa shape index (κ3) is 4.63. The van der Waals surface area contributed by atoms with Crippen LogP contribution in [-0.4, -0.2) is 30.5 Å². The van der Waals surface area contributed by atoms with Crippen molar-refractivity contribution in [2.75, 3.05) is 5.32 Å². The number of carbonyl (C=O) groups is 1. The van der Waals surface area contributed by atoms with Crippen molar-refractivity contribution in [3.8, 4) is 0 Å². The van der Waals surface area contributed by atoms with Crippen molar-refractivity contribution in [3.63, 3.8) is 0 Å². The van der Waals surface area contributed by atoms with Gasteiger partial charge in [-0.05, 0) is 53.4 Å².